The van der Waals surface area contributed by atoms with Crippen LogP contribution in [0, 0.1) is 11.5 Å². The highest BCUT2D eigenvalue weighted by atomic mass is 32.2. The SMILES string of the molecule is N#COc1ccc(Sc2ccc(O)cc2)cc1. The molecular weight excluding hydrogens is 234 g/mol. The number of phenols is 1. The fourth-order valence-electron chi connectivity index (χ4n) is 1.28. The number of phenolic OH excluding ortho intramolecular Hbond substituents is 1. The van der Waals surface area contributed by atoms with Gasteiger partial charge in [-0.15, -0.1) is 5.26 Å². The molecule has 17 heavy (non-hydrogen) atoms. The average molecular weight is 243 g/mol. The number of aromatic hydroxyl groups is 1. The highest BCUT2D eigenvalue weighted by molar-refractivity contribution is 7.99. The molecule has 84 valence electrons. The van der Waals surface area contributed by atoms with Crippen LogP contribution in [0.25, 0.3) is 0 Å². The molecule has 0 unspecified atom stereocenters. The monoisotopic (exact) mass is 243 g/mol. The Bertz CT molecular complexity index is 529. The van der Waals surface area contributed by atoms with Crippen LogP contribution in [0.15, 0.2) is 58.3 Å². The first-order valence-corrected chi connectivity index (χ1v) is 5.72. The maximum absolute atomic E-state index is 9.16. The van der Waals surface area contributed by atoms with Gasteiger partial charge in [0.05, 0.1) is 0 Å². The van der Waals surface area contributed by atoms with Crippen LogP contribution in [-0.2, 0) is 0 Å². The molecule has 0 aliphatic rings. The van der Waals surface area contributed by atoms with Crippen molar-refractivity contribution in [3.8, 4) is 17.8 Å². The van der Waals surface area contributed by atoms with Gasteiger partial charge in [-0.05, 0) is 48.5 Å². The second-order valence-electron chi connectivity index (χ2n) is 3.26. The zero-order valence-electron chi connectivity index (χ0n) is 8.83. The van der Waals surface area contributed by atoms with Crippen LogP contribution in [0.1, 0.15) is 0 Å². The van der Waals surface area contributed by atoms with E-state index in [-0.39, 0.29) is 5.75 Å². The predicted molar refractivity (Wildman–Crippen MR) is 64.9 cm³/mol. The van der Waals surface area contributed by atoms with Crippen molar-refractivity contribution < 1.29 is 9.84 Å². The molecule has 0 radical (unpaired) electrons. The lowest BCUT2D eigenvalue weighted by Gasteiger charge is -2.02. The van der Waals surface area contributed by atoms with Gasteiger partial charge in [-0.3, -0.25) is 0 Å². The van der Waals surface area contributed by atoms with E-state index in [9.17, 15) is 0 Å². The maximum atomic E-state index is 9.16. The van der Waals surface area contributed by atoms with E-state index in [4.69, 9.17) is 15.1 Å². The first-order chi connectivity index (χ1) is 8.28. The Morgan fingerprint density at radius 1 is 0.941 bits per heavy atom. The van der Waals surface area contributed by atoms with E-state index in [1.165, 1.54) is 0 Å². The molecule has 4 heteroatoms. The summed E-state index contributed by atoms with van der Waals surface area (Å²) in [7, 11) is 0. The molecule has 2 aromatic carbocycles. The second kappa shape index (κ2) is 5.28. The third-order valence-electron chi connectivity index (χ3n) is 2.06. The molecule has 0 spiro atoms. The Labute approximate surface area is 103 Å². The van der Waals surface area contributed by atoms with Crippen LogP contribution in [0.2, 0.25) is 0 Å². The van der Waals surface area contributed by atoms with Gasteiger partial charge in [0.2, 0.25) is 0 Å². The number of ether oxygens (including phenoxy) is 1. The van der Waals surface area contributed by atoms with Gasteiger partial charge in [0.15, 0.2) is 0 Å². The number of rotatable bonds is 3. The molecule has 0 aromatic heterocycles. The zero-order chi connectivity index (χ0) is 12.1. The molecule has 0 fully saturated rings. The van der Waals surface area contributed by atoms with Crippen molar-refractivity contribution in [3.63, 3.8) is 0 Å². The third-order valence-corrected chi connectivity index (χ3v) is 3.08. The highest BCUT2D eigenvalue weighted by Crippen LogP contribution is 2.29. The number of nitrogens with zero attached hydrogens (tertiary/aromatic N) is 1. The number of nitriles is 1. The van der Waals surface area contributed by atoms with Crippen molar-refractivity contribution in [1.82, 2.24) is 0 Å². The van der Waals surface area contributed by atoms with Crippen molar-refractivity contribution in [2.24, 2.45) is 0 Å². The van der Waals surface area contributed by atoms with Crippen molar-refractivity contribution in [1.29, 1.82) is 5.26 Å². The van der Waals surface area contributed by atoms with Crippen molar-refractivity contribution in [2.75, 3.05) is 0 Å². The molecule has 3 nitrogen and oxygen atoms in total. The van der Waals surface area contributed by atoms with Crippen LogP contribution >= 0.6 is 11.8 Å². The molecule has 2 rings (SSSR count). The summed E-state index contributed by atoms with van der Waals surface area (Å²) in [6.45, 7) is 0. The topological polar surface area (TPSA) is 53.2 Å². The van der Waals surface area contributed by atoms with Crippen LogP contribution in [0.4, 0.5) is 0 Å². The minimum absolute atomic E-state index is 0.257. The van der Waals surface area contributed by atoms with Crippen molar-refractivity contribution >= 4 is 11.8 Å². The lowest BCUT2D eigenvalue weighted by molar-refractivity contribution is 0.475. The summed E-state index contributed by atoms with van der Waals surface area (Å²) in [6.07, 6.45) is 1.62. The Hall–Kier alpha value is -2.12. The summed E-state index contributed by atoms with van der Waals surface area (Å²) in [6, 6.07) is 14.2. The van der Waals surface area contributed by atoms with Gasteiger partial charge in [0.1, 0.15) is 11.5 Å². The normalized spacial score (nSPS) is 9.59. The predicted octanol–water partition coefficient (Wildman–Crippen LogP) is 3.40. The van der Waals surface area contributed by atoms with E-state index in [0.717, 1.165) is 9.79 Å². The summed E-state index contributed by atoms with van der Waals surface area (Å²) >= 11 is 1.57. The summed E-state index contributed by atoms with van der Waals surface area (Å²) in [4.78, 5) is 2.08. The van der Waals surface area contributed by atoms with E-state index >= 15 is 0 Å². The fraction of sp³-hybridized carbons (Fsp3) is 0. The molecule has 0 amide bonds. The number of benzene rings is 2. The largest absolute Gasteiger partial charge is 0.508 e. The quantitative estimate of drug-likeness (QED) is 0.839. The average Bonchev–Trinajstić information content (AvgIpc) is 2.35. The van der Waals surface area contributed by atoms with E-state index in [1.807, 2.05) is 24.3 Å². The van der Waals surface area contributed by atoms with Gasteiger partial charge < -0.3 is 9.84 Å². The minimum atomic E-state index is 0.257. The number of hydrogen-bond acceptors (Lipinski definition) is 4. The zero-order valence-corrected chi connectivity index (χ0v) is 9.65. The molecule has 0 saturated heterocycles. The molecule has 0 heterocycles. The molecule has 0 atom stereocenters. The summed E-state index contributed by atoms with van der Waals surface area (Å²) in [5, 5.41) is 17.5. The standard InChI is InChI=1S/C13H9NO2S/c14-9-16-11-3-7-13(8-4-11)17-12-5-1-10(15)2-6-12/h1-8,15H. The lowest BCUT2D eigenvalue weighted by atomic mass is 10.3. The molecule has 0 bridgehead atoms. The third kappa shape index (κ3) is 3.16. The molecule has 0 aliphatic heterocycles. The first-order valence-electron chi connectivity index (χ1n) is 4.91. The molecular formula is C13H9NO2S. The Balaban J connectivity index is 2.09. The van der Waals surface area contributed by atoms with Gasteiger partial charge >= 0.3 is 0 Å². The summed E-state index contributed by atoms with van der Waals surface area (Å²) in [5.74, 6) is 0.787. The highest BCUT2D eigenvalue weighted by Gasteiger charge is 1.98. The van der Waals surface area contributed by atoms with E-state index in [0.29, 0.717) is 5.75 Å². The van der Waals surface area contributed by atoms with Crippen molar-refractivity contribution in [3.05, 3.63) is 48.5 Å². The molecule has 0 aliphatic carbocycles. The van der Waals surface area contributed by atoms with E-state index in [2.05, 4.69) is 0 Å². The number of hydrogen-bond donors (Lipinski definition) is 1. The van der Waals surface area contributed by atoms with Gasteiger partial charge in [-0.25, -0.2) is 0 Å². The second-order valence-corrected chi connectivity index (χ2v) is 4.41. The Kier molecular flexibility index (Phi) is 3.53. The summed E-state index contributed by atoms with van der Waals surface area (Å²) < 4.78 is 4.69. The smallest absolute Gasteiger partial charge is 0.292 e. The minimum Gasteiger partial charge on any atom is -0.508 e. The van der Waals surface area contributed by atoms with Crippen LogP contribution in [0.5, 0.6) is 11.5 Å². The molecule has 1 N–H and O–H groups in total. The maximum Gasteiger partial charge on any atom is 0.292 e. The lowest BCUT2D eigenvalue weighted by Crippen LogP contribution is -1.80. The van der Waals surface area contributed by atoms with E-state index in [1.54, 1.807) is 42.3 Å². The fourth-order valence-corrected chi connectivity index (χ4v) is 2.10. The van der Waals surface area contributed by atoms with Crippen molar-refractivity contribution in [2.45, 2.75) is 9.79 Å². The van der Waals surface area contributed by atoms with Crippen LogP contribution in [-0.4, -0.2) is 5.11 Å². The van der Waals surface area contributed by atoms with Crippen LogP contribution in [0.3, 0.4) is 0 Å². The van der Waals surface area contributed by atoms with Crippen LogP contribution < -0.4 is 4.74 Å². The Morgan fingerprint density at radius 2 is 1.47 bits per heavy atom. The van der Waals surface area contributed by atoms with Gasteiger partial charge in [-0.2, -0.15) is 0 Å². The molecule has 2 aromatic rings. The van der Waals surface area contributed by atoms with Gasteiger partial charge in [0.25, 0.3) is 6.26 Å². The first kappa shape index (κ1) is 11.4. The van der Waals surface area contributed by atoms with Gasteiger partial charge in [0, 0.05) is 9.79 Å². The Morgan fingerprint density at radius 3 is 2.00 bits per heavy atom. The molecule has 0 saturated carbocycles. The van der Waals surface area contributed by atoms with Gasteiger partial charge in [-0.1, -0.05) is 11.8 Å². The van der Waals surface area contributed by atoms with E-state index < -0.39 is 0 Å². The summed E-state index contributed by atoms with van der Waals surface area (Å²) in [5.41, 5.74) is 0.